The van der Waals surface area contributed by atoms with Crippen molar-refractivity contribution in [2.24, 2.45) is 5.92 Å². The molecule has 1 fully saturated rings. The van der Waals surface area contributed by atoms with Crippen molar-refractivity contribution in [1.29, 1.82) is 0 Å². The predicted molar refractivity (Wildman–Crippen MR) is 91.6 cm³/mol. The van der Waals surface area contributed by atoms with E-state index in [4.69, 9.17) is 0 Å². The van der Waals surface area contributed by atoms with Crippen LogP contribution in [0.1, 0.15) is 62.6 Å². The lowest BCUT2D eigenvalue weighted by Gasteiger charge is -2.18. The molecule has 1 aliphatic rings. The fraction of sp³-hybridized carbons (Fsp3) is 0.667. The Hall–Kier alpha value is -0.470. The van der Waals surface area contributed by atoms with E-state index in [2.05, 4.69) is 62.2 Å². The molecule has 0 saturated heterocycles. The summed E-state index contributed by atoms with van der Waals surface area (Å²) in [5.41, 5.74) is 2.86. The minimum atomic E-state index is 0.489. The van der Waals surface area contributed by atoms with Crippen molar-refractivity contribution in [2.45, 2.75) is 51.5 Å². The predicted octanol–water partition coefficient (Wildman–Crippen LogP) is 4.99. The highest BCUT2D eigenvalue weighted by Gasteiger charge is 2.16. The first-order valence-electron chi connectivity index (χ1n) is 8.05. The van der Waals surface area contributed by atoms with Crippen molar-refractivity contribution in [1.82, 2.24) is 5.32 Å². The molecule has 0 aromatic heterocycles. The lowest BCUT2D eigenvalue weighted by Crippen LogP contribution is -2.19. The summed E-state index contributed by atoms with van der Waals surface area (Å²) in [6, 6.07) is 9.65. The smallest absolute Gasteiger partial charge is 0.0409 e. The first kappa shape index (κ1) is 15.9. The molecule has 1 nitrogen and oxygen atoms in total. The van der Waals surface area contributed by atoms with Crippen molar-refractivity contribution in [2.75, 3.05) is 18.6 Å². The second-order valence-corrected chi connectivity index (χ2v) is 7.43. The van der Waals surface area contributed by atoms with E-state index < -0.39 is 0 Å². The van der Waals surface area contributed by atoms with Crippen LogP contribution in [0.25, 0.3) is 0 Å². The van der Waals surface area contributed by atoms with Gasteiger partial charge in [-0.15, -0.1) is 0 Å². The molecule has 0 aliphatic heterocycles. The van der Waals surface area contributed by atoms with Gasteiger partial charge in [0.15, 0.2) is 0 Å². The van der Waals surface area contributed by atoms with Crippen molar-refractivity contribution < 1.29 is 0 Å². The standard InChI is InChI=1S/C18H29NS/c1-14(2)16-8-10-17(11-9-16)18(19-3)13-20-12-15-6-4-5-7-15/h8-11,14-15,18-19H,4-7,12-13H2,1-3H3. The van der Waals surface area contributed by atoms with E-state index in [0.29, 0.717) is 12.0 Å². The van der Waals surface area contributed by atoms with Gasteiger partial charge in [-0.3, -0.25) is 0 Å². The highest BCUT2D eigenvalue weighted by atomic mass is 32.2. The van der Waals surface area contributed by atoms with Gasteiger partial charge in [0.05, 0.1) is 0 Å². The highest BCUT2D eigenvalue weighted by molar-refractivity contribution is 7.99. The SMILES string of the molecule is CNC(CSCC1CCCC1)c1ccc(C(C)C)cc1. The number of benzene rings is 1. The molecule has 1 atom stereocenters. The Morgan fingerprint density at radius 2 is 1.70 bits per heavy atom. The Morgan fingerprint density at radius 3 is 2.25 bits per heavy atom. The molecular formula is C18H29NS. The van der Waals surface area contributed by atoms with Crippen molar-refractivity contribution in [3.05, 3.63) is 35.4 Å². The van der Waals surface area contributed by atoms with Gasteiger partial charge >= 0.3 is 0 Å². The number of thioether (sulfide) groups is 1. The van der Waals surface area contributed by atoms with Crippen molar-refractivity contribution in [3.63, 3.8) is 0 Å². The molecule has 0 radical (unpaired) electrons. The third kappa shape index (κ3) is 4.53. The van der Waals surface area contributed by atoms with Crippen LogP contribution in [-0.4, -0.2) is 18.6 Å². The van der Waals surface area contributed by atoms with Gasteiger partial charge in [0.2, 0.25) is 0 Å². The molecule has 0 heterocycles. The molecule has 1 saturated carbocycles. The maximum atomic E-state index is 3.47. The molecule has 1 unspecified atom stereocenters. The minimum absolute atomic E-state index is 0.489. The van der Waals surface area contributed by atoms with E-state index >= 15 is 0 Å². The Balaban J connectivity index is 1.83. The molecule has 20 heavy (non-hydrogen) atoms. The van der Waals surface area contributed by atoms with Crippen LogP contribution >= 0.6 is 11.8 Å². The zero-order valence-electron chi connectivity index (χ0n) is 13.2. The molecule has 0 bridgehead atoms. The summed E-state index contributed by atoms with van der Waals surface area (Å²) in [4.78, 5) is 0. The molecule has 1 aromatic carbocycles. The van der Waals surface area contributed by atoms with E-state index in [1.54, 1.807) is 0 Å². The molecule has 1 aromatic rings. The highest BCUT2D eigenvalue weighted by Crippen LogP contribution is 2.29. The van der Waals surface area contributed by atoms with Crippen LogP contribution in [0.5, 0.6) is 0 Å². The first-order valence-corrected chi connectivity index (χ1v) is 9.21. The Bertz CT molecular complexity index is 379. The quantitative estimate of drug-likeness (QED) is 0.759. The molecule has 0 amide bonds. The molecule has 1 aliphatic carbocycles. The summed E-state index contributed by atoms with van der Waals surface area (Å²) in [6.07, 6.45) is 5.83. The van der Waals surface area contributed by atoms with Crippen LogP contribution in [0.4, 0.5) is 0 Å². The number of nitrogens with one attached hydrogen (secondary N) is 1. The van der Waals surface area contributed by atoms with E-state index in [0.717, 1.165) is 5.92 Å². The minimum Gasteiger partial charge on any atom is -0.312 e. The zero-order chi connectivity index (χ0) is 14.4. The van der Waals surface area contributed by atoms with E-state index in [9.17, 15) is 0 Å². The Morgan fingerprint density at radius 1 is 1.10 bits per heavy atom. The van der Waals surface area contributed by atoms with Crippen LogP contribution in [0, 0.1) is 5.92 Å². The van der Waals surface area contributed by atoms with E-state index in [1.807, 2.05) is 0 Å². The summed E-state index contributed by atoms with van der Waals surface area (Å²) in [5.74, 6) is 4.14. The van der Waals surface area contributed by atoms with Gasteiger partial charge in [0, 0.05) is 11.8 Å². The largest absolute Gasteiger partial charge is 0.312 e. The summed E-state index contributed by atoms with van der Waals surface area (Å²) < 4.78 is 0. The molecule has 1 N–H and O–H groups in total. The summed E-state index contributed by atoms with van der Waals surface area (Å²) >= 11 is 2.13. The van der Waals surface area contributed by atoms with Crippen LogP contribution in [0.15, 0.2) is 24.3 Å². The number of hydrogen-bond donors (Lipinski definition) is 1. The van der Waals surface area contributed by atoms with Crippen molar-refractivity contribution >= 4 is 11.8 Å². The summed E-state index contributed by atoms with van der Waals surface area (Å²) in [7, 11) is 2.08. The second-order valence-electron chi connectivity index (χ2n) is 6.35. The fourth-order valence-electron chi connectivity index (χ4n) is 2.99. The van der Waals surface area contributed by atoms with Crippen molar-refractivity contribution in [3.8, 4) is 0 Å². The second kappa shape index (κ2) is 8.09. The van der Waals surface area contributed by atoms with Gasteiger partial charge in [-0.05, 0) is 48.6 Å². The van der Waals surface area contributed by atoms with E-state index in [1.165, 1.54) is 48.3 Å². The third-order valence-corrected chi connectivity index (χ3v) is 5.74. The molecule has 2 rings (SSSR count). The number of hydrogen-bond acceptors (Lipinski definition) is 2. The number of rotatable bonds is 7. The monoisotopic (exact) mass is 291 g/mol. The van der Waals surface area contributed by atoms with Gasteiger partial charge in [0.25, 0.3) is 0 Å². The van der Waals surface area contributed by atoms with Crippen LogP contribution < -0.4 is 5.32 Å². The van der Waals surface area contributed by atoms with Crippen LogP contribution in [0.2, 0.25) is 0 Å². The van der Waals surface area contributed by atoms with Crippen LogP contribution in [-0.2, 0) is 0 Å². The topological polar surface area (TPSA) is 12.0 Å². The van der Waals surface area contributed by atoms with Crippen LogP contribution in [0.3, 0.4) is 0 Å². The summed E-state index contributed by atoms with van der Waals surface area (Å²) in [6.45, 7) is 4.50. The molecule has 2 heteroatoms. The van der Waals surface area contributed by atoms with Gasteiger partial charge in [0.1, 0.15) is 0 Å². The van der Waals surface area contributed by atoms with Gasteiger partial charge in [-0.25, -0.2) is 0 Å². The molecule has 112 valence electrons. The van der Waals surface area contributed by atoms with Gasteiger partial charge in [-0.1, -0.05) is 51.0 Å². The Labute approximate surface area is 128 Å². The van der Waals surface area contributed by atoms with E-state index in [-0.39, 0.29) is 0 Å². The Kier molecular flexibility index (Phi) is 6.44. The maximum absolute atomic E-state index is 3.47. The fourth-order valence-corrected chi connectivity index (χ4v) is 4.39. The molecular weight excluding hydrogens is 262 g/mol. The first-order chi connectivity index (χ1) is 9.70. The average molecular weight is 292 g/mol. The normalized spacial score (nSPS) is 17.8. The maximum Gasteiger partial charge on any atom is 0.0409 e. The zero-order valence-corrected chi connectivity index (χ0v) is 14.0. The summed E-state index contributed by atoms with van der Waals surface area (Å²) in [5, 5.41) is 3.47. The van der Waals surface area contributed by atoms with Gasteiger partial charge < -0.3 is 5.32 Å². The lowest BCUT2D eigenvalue weighted by atomic mass is 10.00. The average Bonchev–Trinajstić information content (AvgIpc) is 2.97. The molecule has 0 spiro atoms. The third-order valence-electron chi connectivity index (χ3n) is 4.47. The van der Waals surface area contributed by atoms with Gasteiger partial charge in [-0.2, -0.15) is 11.8 Å². The lowest BCUT2D eigenvalue weighted by molar-refractivity contribution is 0.618.